The third-order valence-electron chi connectivity index (χ3n) is 4.44. The average molecular weight is 253 g/mol. The second-order valence-electron chi connectivity index (χ2n) is 5.66. The number of nitrogens with zero attached hydrogens (tertiary/aromatic N) is 1. The summed E-state index contributed by atoms with van der Waals surface area (Å²) in [6, 6.07) is -0.327. The van der Waals surface area contributed by atoms with Crippen LogP contribution in [0.4, 0.5) is 0 Å². The van der Waals surface area contributed by atoms with Crippen LogP contribution in [0.1, 0.15) is 45.4 Å². The molecule has 5 nitrogen and oxygen atoms in total. The van der Waals surface area contributed by atoms with Crippen LogP contribution in [0.3, 0.4) is 0 Å². The van der Waals surface area contributed by atoms with Gasteiger partial charge in [-0.05, 0) is 37.5 Å². The van der Waals surface area contributed by atoms with E-state index < -0.39 is 0 Å². The van der Waals surface area contributed by atoms with Crippen molar-refractivity contribution in [1.29, 1.82) is 0 Å². The van der Waals surface area contributed by atoms with E-state index >= 15 is 0 Å². The summed E-state index contributed by atoms with van der Waals surface area (Å²) in [5.74, 6) is 1.65. The molecule has 18 heavy (non-hydrogen) atoms. The summed E-state index contributed by atoms with van der Waals surface area (Å²) < 4.78 is 0. The van der Waals surface area contributed by atoms with Crippen molar-refractivity contribution in [3.05, 3.63) is 0 Å². The van der Waals surface area contributed by atoms with Crippen LogP contribution in [-0.4, -0.2) is 23.0 Å². The molecule has 4 N–H and O–H groups in total. The standard InChI is InChI=1S/C13H23N3O2/c1-2-3-11(12(14)16-18)15-13(17)10-7-8-4-5-9(10)6-8/h8-11,18H,2-7H2,1H3,(H2,14,16)(H,15,17). The van der Waals surface area contributed by atoms with Gasteiger partial charge in [-0.25, -0.2) is 0 Å². The SMILES string of the molecule is CCCC(NC(=O)C1CC2CCC1C2)/C(N)=N/O. The summed E-state index contributed by atoms with van der Waals surface area (Å²) >= 11 is 0. The molecular formula is C13H23N3O2. The van der Waals surface area contributed by atoms with Crippen LogP contribution < -0.4 is 11.1 Å². The minimum Gasteiger partial charge on any atom is -0.409 e. The van der Waals surface area contributed by atoms with Gasteiger partial charge in [0.2, 0.25) is 5.91 Å². The molecule has 2 bridgehead atoms. The highest BCUT2D eigenvalue weighted by atomic mass is 16.4. The lowest BCUT2D eigenvalue weighted by Gasteiger charge is -2.24. The van der Waals surface area contributed by atoms with Crippen molar-refractivity contribution in [2.75, 3.05) is 0 Å². The summed E-state index contributed by atoms with van der Waals surface area (Å²) in [7, 11) is 0. The van der Waals surface area contributed by atoms with Gasteiger partial charge in [-0.1, -0.05) is 24.9 Å². The number of carbonyl (C=O) groups is 1. The molecular weight excluding hydrogens is 230 g/mol. The number of nitrogens with one attached hydrogen (secondary N) is 1. The highest BCUT2D eigenvalue weighted by Gasteiger charge is 2.43. The summed E-state index contributed by atoms with van der Waals surface area (Å²) in [5, 5.41) is 14.7. The number of carbonyl (C=O) groups excluding carboxylic acids is 1. The molecule has 2 saturated carbocycles. The van der Waals surface area contributed by atoms with Gasteiger partial charge in [0.1, 0.15) is 0 Å². The lowest BCUT2D eigenvalue weighted by Crippen LogP contribution is -2.47. The highest BCUT2D eigenvalue weighted by Crippen LogP contribution is 2.48. The predicted molar refractivity (Wildman–Crippen MR) is 69.2 cm³/mol. The van der Waals surface area contributed by atoms with E-state index in [0.717, 1.165) is 18.8 Å². The summed E-state index contributed by atoms with van der Waals surface area (Å²) in [4.78, 5) is 12.2. The molecule has 0 aromatic carbocycles. The Bertz CT molecular complexity index is 343. The zero-order chi connectivity index (χ0) is 13.1. The van der Waals surface area contributed by atoms with Crippen LogP contribution in [0.25, 0.3) is 0 Å². The maximum absolute atomic E-state index is 12.2. The van der Waals surface area contributed by atoms with Crippen molar-refractivity contribution in [2.24, 2.45) is 28.6 Å². The Morgan fingerprint density at radius 3 is 2.78 bits per heavy atom. The molecule has 0 aliphatic heterocycles. The van der Waals surface area contributed by atoms with Gasteiger partial charge in [0, 0.05) is 5.92 Å². The van der Waals surface area contributed by atoms with Gasteiger partial charge in [0.25, 0.3) is 0 Å². The molecule has 0 radical (unpaired) electrons. The Labute approximate surface area is 108 Å². The molecule has 0 saturated heterocycles. The molecule has 0 heterocycles. The van der Waals surface area contributed by atoms with Gasteiger partial charge in [0.15, 0.2) is 5.84 Å². The number of oxime groups is 1. The van der Waals surface area contributed by atoms with Crippen molar-refractivity contribution in [2.45, 2.75) is 51.5 Å². The first-order valence-electron chi connectivity index (χ1n) is 6.93. The second kappa shape index (κ2) is 5.59. The van der Waals surface area contributed by atoms with E-state index in [0.29, 0.717) is 12.3 Å². The molecule has 4 atom stereocenters. The fourth-order valence-corrected chi connectivity index (χ4v) is 3.50. The van der Waals surface area contributed by atoms with Crippen LogP contribution in [0.5, 0.6) is 0 Å². The summed E-state index contributed by atoms with van der Waals surface area (Å²) in [6.45, 7) is 2.02. The number of fused-ring (bicyclic) bond motifs is 2. The van der Waals surface area contributed by atoms with E-state index in [1.807, 2.05) is 6.92 Å². The molecule has 1 amide bonds. The molecule has 0 aromatic heterocycles. The number of amides is 1. The average Bonchev–Trinajstić information content (AvgIpc) is 2.99. The normalized spacial score (nSPS) is 32.5. The van der Waals surface area contributed by atoms with Gasteiger partial charge >= 0.3 is 0 Å². The lowest BCUT2D eigenvalue weighted by molar-refractivity contribution is -0.126. The fraction of sp³-hybridized carbons (Fsp3) is 0.846. The van der Waals surface area contributed by atoms with Crippen LogP contribution >= 0.6 is 0 Å². The third kappa shape index (κ3) is 2.60. The van der Waals surface area contributed by atoms with Gasteiger partial charge < -0.3 is 16.3 Å². The first-order chi connectivity index (χ1) is 8.65. The number of rotatable bonds is 5. The van der Waals surface area contributed by atoms with Crippen LogP contribution in [0.2, 0.25) is 0 Å². The second-order valence-corrected chi connectivity index (χ2v) is 5.66. The number of amidine groups is 1. The molecule has 2 rings (SSSR count). The van der Waals surface area contributed by atoms with Gasteiger partial charge in [-0.3, -0.25) is 4.79 Å². The zero-order valence-corrected chi connectivity index (χ0v) is 10.9. The molecule has 4 unspecified atom stereocenters. The van der Waals surface area contributed by atoms with Crippen LogP contribution in [-0.2, 0) is 4.79 Å². The van der Waals surface area contributed by atoms with Crippen molar-refractivity contribution in [3.63, 3.8) is 0 Å². The van der Waals surface area contributed by atoms with E-state index in [4.69, 9.17) is 10.9 Å². The third-order valence-corrected chi connectivity index (χ3v) is 4.44. The Hall–Kier alpha value is -1.26. The highest BCUT2D eigenvalue weighted by molar-refractivity contribution is 5.90. The van der Waals surface area contributed by atoms with Gasteiger partial charge in [-0.15, -0.1) is 0 Å². The van der Waals surface area contributed by atoms with Gasteiger partial charge in [0.05, 0.1) is 6.04 Å². The van der Waals surface area contributed by atoms with E-state index in [2.05, 4.69) is 10.5 Å². The molecule has 102 valence electrons. The molecule has 0 spiro atoms. The number of nitrogens with two attached hydrogens (primary N) is 1. The predicted octanol–water partition coefficient (Wildman–Crippen LogP) is 1.45. The van der Waals surface area contributed by atoms with E-state index in [1.54, 1.807) is 0 Å². The van der Waals surface area contributed by atoms with Crippen molar-refractivity contribution < 1.29 is 10.0 Å². The minimum absolute atomic E-state index is 0.0900. The van der Waals surface area contributed by atoms with Crippen LogP contribution in [0, 0.1) is 17.8 Å². The van der Waals surface area contributed by atoms with E-state index in [-0.39, 0.29) is 23.7 Å². The van der Waals surface area contributed by atoms with Gasteiger partial charge in [-0.2, -0.15) is 0 Å². The quantitative estimate of drug-likeness (QED) is 0.300. The zero-order valence-electron chi connectivity index (χ0n) is 10.9. The van der Waals surface area contributed by atoms with Crippen molar-refractivity contribution >= 4 is 11.7 Å². The largest absolute Gasteiger partial charge is 0.409 e. The number of hydrogen-bond acceptors (Lipinski definition) is 3. The monoisotopic (exact) mass is 253 g/mol. The topological polar surface area (TPSA) is 87.7 Å². The number of hydrogen-bond donors (Lipinski definition) is 3. The van der Waals surface area contributed by atoms with Crippen molar-refractivity contribution in [1.82, 2.24) is 5.32 Å². The smallest absolute Gasteiger partial charge is 0.223 e. The molecule has 2 aliphatic rings. The van der Waals surface area contributed by atoms with E-state index in [1.165, 1.54) is 19.3 Å². The Morgan fingerprint density at radius 1 is 1.50 bits per heavy atom. The lowest BCUT2D eigenvalue weighted by atomic mass is 9.88. The van der Waals surface area contributed by atoms with Crippen molar-refractivity contribution in [3.8, 4) is 0 Å². The molecule has 2 aliphatic carbocycles. The summed E-state index contributed by atoms with van der Waals surface area (Å²) in [6.07, 6.45) is 6.30. The maximum Gasteiger partial charge on any atom is 0.223 e. The van der Waals surface area contributed by atoms with Crippen LogP contribution in [0.15, 0.2) is 5.16 Å². The van der Waals surface area contributed by atoms with E-state index in [9.17, 15) is 4.79 Å². The maximum atomic E-state index is 12.2. The summed E-state index contributed by atoms with van der Waals surface area (Å²) in [5.41, 5.74) is 5.61. The molecule has 2 fully saturated rings. The Kier molecular flexibility index (Phi) is 4.09. The Balaban J connectivity index is 1.92. The first kappa shape index (κ1) is 13.2. The molecule has 5 heteroatoms. The minimum atomic E-state index is -0.327. The fourth-order valence-electron chi connectivity index (χ4n) is 3.50. The first-order valence-corrected chi connectivity index (χ1v) is 6.93. The molecule has 0 aromatic rings. The Morgan fingerprint density at radius 2 is 2.28 bits per heavy atom.